The summed E-state index contributed by atoms with van der Waals surface area (Å²) in [6, 6.07) is 16.0. The zero-order valence-electron chi connectivity index (χ0n) is 15.8. The van der Waals surface area contributed by atoms with Gasteiger partial charge in [0, 0.05) is 12.2 Å². The Morgan fingerprint density at radius 1 is 0.964 bits per heavy atom. The number of ether oxygens (including phenoxy) is 3. The number of amides is 1. The molecule has 0 aromatic heterocycles. The van der Waals surface area contributed by atoms with E-state index in [9.17, 15) is 4.79 Å². The summed E-state index contributed by atoms with van der Waals surface area (Å²) in [5, 5.41) is 0. The van der Waals surface area contributed by atoms with Crippen molar-refractivity contribution in [3.63, 3.8) is 0 Å². The minimum Gasteiger partial charge on any atom is -0.454 e. The largest absolute Gasteiger partial charge is 0.454 e. The fraction of sp³-hybridized carbons (Fsp3) is 0.409. The maximum Gasteiger partial charge on any atom is 0.414 e. The first kappa shape index (κ1) is 17.4. The molecular formula is C22H24N2O4. The second-order valence-electron chi connectivity index (χ2n) is 7.64. The van der Waals surface area contributed by atoms with E-state index in [0.29, 0.717) is 19.3 Å². The lowest BCUT2D eigenvalue weighted by molar-refractivity contribution is 0.0976. The fourth-order valence-corrected chi connectivity index (χ4v) is 4.34. The molecule has 5 rings (SSSR count). The summed E-state index contributed by atoms with van der Waals surface area (Å²) in [6.07, 6.45) is 1.88. The van der Waals surface area contributed by atoms with E-state index >= 15 is 0 Å². The van der Waals surface area contributed by atoms with Gasteiger partial charge in [-0.25, -0.2) is 4.79 Å². The Morgan fingerprint density at radius 2 is 1.75 bits per heavy atom. The van der Waals surface area contributed by atoms with Crippen LogP contribution in [0.25, 0.3) is 0 Å². The van der Waals surface area contributed by atoms with Crippen molar-refractivity contribution in [1.82, 2.24) is 4.90 Å². The molecule has 3 heterocycles. The molecule has 28 heavy (non-hydrogen) atoms. The average Bonchev–Trinajstić information content (AvgIpc) is 3.35. The zero-order chi connectivity index (χ0) is 18.9. The van der Waals surface area contributed by atoms with Crippen molar-refractivity contribution in [2.75, 3.05) is 37.9 Å². The molecule has 3 aliphatic rings. The van der Waals surface area contributed by atoms with Crippen molar-refractivity contribution >= 4 is 11.8 Å². The Kier molecular flexibility index (Phi) is 4.56. The van der Waals surface area contributed by atoms with E-state index in [1.807, 2.05) is 36.4 Å². The van der Waals surface area contributed by atoms with E-state index in [2.05, 4.69) is 17.0 Å². The molecule has 6 nitrogen and oxygen atoms in total. The molecule has 0 spiro atoms. The number of rotatable bonds is 4. The second kappa shape index (κ2) is 7.36. The number of para-hydroxylation sites is 1. The van der Waals surface area contributed by atoms with Gasteiger partial charge in [0.15, 0.2) is 11.5 Å². The highest BCUT2D eigenvalue weighted by Crippen LogP contribution is 2.37. The molecule has 0 N–H and O–H groups in total. The highest BCUT2D eigenvalue weighted by molar-refractivity contribution is 5.89. The minimum atomic E-state index is -0.244. The van der Waals surface area contributed by atoms with Gasteiger partial charge in [0.05, 0.1) is 6.54 Å². The van der Waals surface area contributed by atoms with Gasteiger partial charge in [0.1, 0.15) is 6.10 Å². The van der Waals surface area contributed by atoms with Crippen LogP contribution in [0.2, 0.25) is 0 Å². The molecule has 2 fully saturated rings. The number of piperidine rings is 1. The molecule has 0 radical (unpaired) electrons. The van der Waals surface area contributed by atoms with Gasteiger partial charge >= 0.3 is 6.09 Å². The van der Waals surface area contributed by atoms with Crippen LogP contribution in [0, 0.1) is 0 Å². The summed E-state index contributed by atoms with van der Waals surface area (Å²) in [4.78, 5) is 16.4. The molecule has 146 valence electrons. The molecule has 1 amide bonds. The molecule has 3 aliphatic heterocycles. The van der Waals surface area contributed by atoms with Gasteiger partial charge < -0.3 is 14.2 Å². The normalized spacial score (nSPS) is 22.5. The van der Waals surface area contributed by atoms with Crippen LogP contribution in [-0.2, 0) is 4.74 Å². The summed E-state index contributed by atoms with van der Waals surface area (Å²) in [5.74, 6) is 2.24. The molecule has 6 heteroatoms. The van der Waals surface area contributed by atoms with Crippen molar-refractivity contribution in [3.05, 3.63) is 54.1 Å². The smallest absolute Gasteiger partial charge is 0.414 e. The lowest BCUT2D eigenvalue weighted by Gasteiger charge is -2.33. The molecule has 2 aromatic carbocycles. The molecule has 2 saturated heterocycles. The number of likely N-dealkylation sites (tertiary alicyclic amines) is 1. The summed E-state index contributed by atoms with van der Waals surface area (Å²) >= 11 is 0. The van der Waals surface area contributed by atoms with Crippen LogP contribution in [0.4, 0.5) is 10.5 Å². The Balaban J connectivity index is 1.15. The molecule has 1 atom stereocenters. The lowest BCUT2D eigenvalue weighted by atomic mass is 9.89. The van der Waals surface area contributed by atoms with Crippen molar-refractivity contribution < 1.29 is 19.0 Å². The topological polar surface area (TPSA) is 51.2 Å². The van der Waals surface area contributed by atoms with E-state index < -0.39 is 0 Å². The number of hydrogen-bond acceptors (Lipinski definition) is 5. The van der Waals surface area contributed by atoms with Crippen LogP contribution in [0.5, 0.6) is 11.5 Å². The third-order valence-electron chi connectivity index (χ3n) is 5.86. The lowest BCUT2D eigenvalue weighted by Crippen LogP contribution is -2.39. The van der Waals surface area contributed by atoms with Crippen LogP contribution in [0.1, 0.15) is 24.3 Å². The number of carbonyl (C=O) groups is 1. The maximum absolute atomic E-state index is 12.2. The molecule has 0 saturated carbocycles. The first-order valence-electron chi connectivity index (χ1n) is 9.91. The maximum atomic E-state index is 12.2. The summed E-state index contributed by atoms with van der Waals surface area (Å²) in [5.41, 5.74) is 2.22. The van der Waals surface area contributed by atoms with Crippen LogP contribution in [0.15, 0.2) is 48.5 Å². The van der Waals surface area contributed by atoms with Crippen molar-refractivity contribution in [1.29, 1.82) is 0 Å². The van der Waals surface area contributed by atoms with Gasteiger partial charge in [-0.15, -0.1) is 0 Å². The van der Waals surface area contributed by atoms with Crippen LogP contribution < -0.4 is 14.4 Å². The number of carbonyl (C=O) groups excluding carboxylic acids is 1. The number of hydrogen-bond donors (Lipinski definition) is 0. The Labute approximate surface area is 164 Å². The third kappa shape index (κ3) is 3.40. The highest BCUT2D eigenvalue weighted by Gasteiger charge is 2.34. The van der Waals surface area contributed by atoms with Crippen LogP contribution >= 0.6 is 0 Å². The highest BCUT2D eigenvalue weighted by atomic mass is 16.7. The second-order valence-corrected chi connectivity index (χ2v) is 7.64. The average molecular weight is 380 g/mol. The van der Waals surface area contributed by atoms with Gasteiger partial charge in [0.25, 0.3) is 0 Å². The van der Waals surface area contributed by atoms with E-state index in [1.54, 1.807) is 4.90 Å². The molecule has 0 aliphatic carbocycles. The summed E-state index contributed by atoms with van der Waals surface area (Å²) < 4.78 is 16.5. The van der Waals surface area contributed by atoms with Gasteiger partial charge in [-0.05, 0) is 61.7 Å². The summed E-state index contributed by atoms with van der Waals surface area (Å²) in [7, 11) is 0. The van der Waals surface area contributed by atoms with Gasteiger partial charge in [-0.1, -0.05) is 24.3 Å². The standard InChI is InChI=1S/C22H24N2O4/c25-22-24(18-4-2-1-3-5-18)14-19(28-22)13-23-10-8-16(9-11-23)17-6-7-20-21(12-17)27-15-26-20/h1-7,12,16,19H,8-11,13-15H2. The number of anilines is 1. The van der Waals surface area contributed by atoms with Crippen molar-refractivity contribution in [2.45, 2.75) is 24.9 Å². The molecule has 0 bridgehead atoms. The molecule has 2 aromatic rings. The van der Waals surface area contributed by atoms with E-state index in [0.717, 1.165) is 49.7 Å². The third-order valence-corrected chi connectivity index (χ3v) is 5.86. The number of fused-ring (bicyclic) bond motifs is 1. The predicted molar refractivity (Wildman–Crippen MR) is 105 cm³/mol. The SMILES string of the molecule is O=C1OC(CN2CCC(c3ccc4c(c3)OCO4)CC2)CN1c1ccccc1. The van der Waals surface area contributed by atoms with Crippen molar-refractivity contribution in [2.24, 2.45) is 0 Å². The minimum absolute atomic E-state index is 0.0743. The molecular weight excluding hydrogens is 356 g/mol. The fourth-order valence-electron chi connectivity index (χ4n) is 4.34. The van der Waals surface area contributed by atoms with Gasteiger partial charge in [-0.2, -0.15) is 0 Å². The van der Waals surface area contributed by atoms with Crippen LogP contribution in [-0.4, -0.2) is 50.1 Å². The predicted octanol–water partition coefficient (Wildman–Crippen LogP) is 3.62. The first-order chi connectivity index (χ1) is 13.8. The zero-order valence-corrected chi connectivity index (χ0v) is 15.8. The Bertz CT molecular complexity index is 849. The van der Waals surface area contributed by atoms with E-state index in [4.69, 9.17) is 14.2 Å². The summed E-state index contributed by atoms with van der Waals surface area (Å²) in [6.45, 7) is 3.75. The van der Waals surface area contributed by atoms with E-state index in [1.165, 1.54) is 5.56 Å². The first-order valence-corrected chi connectivity index (χ1v) is 9.91. The Hall–Kier alpha value is -2.73. The van der Waals surface area contributed by atoms with Crippen molar-refractivity contribution in [3.8, 4) is 11.5 Å². The van der Waals surface area contributed by atoms with Gasteiger partial charge in [-0.3, -0.25) is 9.80 Å². The number of cyclic esters (lactones) is 1. The van der Waals surface area contributed by atoms with Crippen LogP contribution in [0.3, 0.4) is 0 Å². The van der Waals surface area contributed by atoms with E-state index in [-0.39, 0.29) is 12.2 Å². The number of nitrogens with zero attached hydrogens (tertiary/aromatic N) is 2. The molecule has 1 unspecified atom stereocenters. The quantitative estimate of drug-likeness (QED) is 0.811. The number of benzene rings is 2. The Morgan fingerprint density at radius 3 is 2.57 bits per heavy atom. The van der Waals surface area contributed by atoms with Gasteiger partial charge in [0.2, 0.25) is 6.79 Å². The monoisotopic (exact) mass is 380 g/mol.